The van der Waals surface area contributed by atoms with Crippen LogP contribution >= 0.6 is 0 Å². The van der Waals surface area contributed by atoms with Gasteiger partial charge in [0.1, 0.15) is 5.72 Å². The van der Waals surface area contributed by atoms with E-state index in [0.29, 0.717) is 0 Å². The van der Waals surface area contributed by atoms with Gasteiger partial charge in [-0.15, -0.1) is 0 Å². The third kappa shape index (κ3) is 2.23. The molecular formula is C11H23NO. The van der Waals surface area contributed by atoms with E-state index in [4.69, 9.17) is 4.74 Å². The van der Waals surface area contributed by atoms with E-state index < -0.39 is 0 Å². The fraction of sp³-hybridized carbons (Fsp3) is 1.00. The standard InChI is InChI=1S/C11H23NO/c1-9(2,3)11(6)12-7-10(4,5)8-13-11/h12H,7-8H2,1-6H3. The molecule has 0 aromatic heterocycles. The summed E-state index contributed by atoms with van der Waals surface area (Å²) in [4.78, 5) is 0. The zero-order valence-electron chi connectivity index (χ0n) is 9.82. The quantitative estimate of drug-likeness (QED) is 0.625. The van der Waals surface area contributed by atoms with Crippen molar-refractivity contribution in [2.45, 2.75) is 47.3 Å². The van der Waals surface area contributed by atoms with Crippen LogP contribution in [0.4, 0.5) is 0 Å². The van der Waals surface area contributed by atoms with Crippen LogP contribution in [0.15, 0.2) is 0 Å². The number of hydrogen-bond acceptors (Lipinski definition) is 2. The molecule has 0 radical (unpaired) electrons. The van der Waals surface area contributed by atoms with E-state index in [1.54, 1.807) is 0 Å². The number of nitrogens with one attached hydrogen (secondary N) is 1. The highest BCUT2D eigenvalue weighted by molar-refractivity contribution is 4.92. The Balaban J connectivity index is 2.68. The van der Waals surface area contributed by atoms with E-state index in [1.165, 1.54) is 0 Å². The molecule has 1 heterocycles. The van der Waals surface area contributed by atoms with E-state index >= 15 is 0 Å². The Morgan fingerprint density at radius 3 is 2.00 bits per heavy atom. The van der Waals surface area contributed by atoms with Gasteiger partial charge in [-0.05, 0) is 6.92 Å². The van der Waals surface area contributed by atoms with Crippen molar-refractivity contribution in [1.82, 2.24) is 5.32 Å². The van der Waals surface area contributed by atoms with E-state index in [1.807, 2.05) is 0 Å². The maximum atomic E-state index is 5.93. The summed E-state index contributed by atoms with van der Waals surface area (Å²) < 4.78 is 5.93. The first-order valence-corrected chi connectivity index (χ1v) is 5.05. The third-order valence-electron chi connectivity index (χ3n) is 3.09. The Morgan fingerprint density at radius 2 is 1.69 bits per heavy atom. The zero-order chi connectivity index (χ0) is 10.3. The lowest BCUT2D eigenvalue weighted by atomic mass is 9.81. The van der Waals surface area contributed by atoms with E-state index in [9.17, 15) is 0 Å². The summed E-state index contributed by atoms with van der Waals surface area (Å²) in [5.74, 6) is 0. The van der Waals surface area contributed by atoms with E-state index in [2.05, 4.69) is 46.9 Å². The van der Waals surface area contributed by atoms with Crippen molar-refractivity contribution in [3.8, 4) is 0 Å². The van der Waals surface area contributed by atoms with Crippen LogP contribution in [0.2, 0.25) is 0 Å². The molecule has 2 nitrogen and oxygen atoms in total. The lowest BCUT2D eigenvalue weighted by Gasteiger charge is -2.49. The lowest BCUT2D eigenvalue weighted by molar-refractivity contribution is -0.179. The molecule has 1 aliphatic rings. The summed E-state index contributed by atoms with van der Waals surface area (Å²) >= 11 is 0. The summed E-state index contributed by atoms with van der Waals surface area (Å²) in [6, 6.07) is 0. The van der Waals surface area contributed by atoms with Crippen molar-refractivity contribution in [1.29, 1.82) is 0 Å². The molecule has 1 fully saturated rings. The van der Waals surface area contributed by atoms with Crippen molar-refractivity contribution in [2.75, 3.05) is 13.2 Å². The van der Waals surface area contributed by atoms with Crippen LogP contribution in [0.25, 0.3) is 0 Å². The highest BCUT2D eigenvalue weighted by Crippen LogP contribution is 2.36. The summed E-state index contributed by atoms with van der Waals surface area (Å²) in [6.45, 7) is 15.1. The van der Waals surface area contributed by atoms with Crippen molar-refractivity contribution in [3.63, 3.8) is 0 Å². The molecule has 0 aromatic carbocycles. The maximum absolute atomic E-state index is 5.93. The molecule has 78 valence electrons. The number of ether oxygens (including phenoxy) is 1. The van der Waals surface area contributed by atoms with Crippen LogP contribution in [0, 0.1) is 10.8 Å². The first-order chi connectivity index (χ1) is 5.66. The molecule has 1 N–H and O–H groups in total. The average Bonchev–Trinajstić information content (AvgIpc) is 1.94. The molecule has 2 heteroatoms. The van der Waals surface area contributed by atoms with Crippen molar-refractivity contribution >= 4 is 0 Å². The summed E-state index contributed by atoms with van der Waals surface area (Å²) in [5, 5.41) is 3.50. The predicted octanol–water partition coefficient (Wildman–Crippen LogP) is 2.39. The molecule has 1 atom stereocenters. The van der Waals surface area contributed by atoms with Gasteiger partial charge in [-0.3, -0.25) is 5.32 Å². The molecule has 0 aliphatic carbocycles. The largest absolute Gasteiger partial charge is 0.360 e. The Kier molecular flexibility index (Phi) is 2.50. The van der Waals surface area contributed by atoms with E-state index in [0.717, 1.165) is 13.2 Å². The monoisotopic (exact) mass is 185 g/mol. The maximum Gasteiger partial charge on any atom is 0.121 e. The highest BCUT2D eigenvalue weighted by Gasteiger charge is 2.43. The summed E-state index contributed by atoms with van der Waals surface area (Å²) in [6.07, 6.45) is 0. The van der Waals surface area contributed by atoms with Crippen LogP contribution in [0.3, 0.4) is 0 Å². The van der Waals surface area contributed by atoms with Crippen molar-refractivity contribution in [3.05, 3.63) is 0 Å². The van der Waals surface area contributed by atoms with Gasteiger partial charge in [0.15, 0.2) is 0 Å². The topological polar surface area (TPSA) is 21.3 Å². The molecule has 0 saturated carbocycles. The Hall–Kier alpha value is -0.0800. The molecule has 0 amide bonds. The molecule has 0 spiro atoms. The van der Waals surface area contributed by atoms with Crippen molar-refractivity contribution < 1.29 is 4.74 Å². The fourth-order valence-electron chi connectivity index (χ4n) is 1.33. The lowest BCUT2D eigenvalue weighted by Crippen LogP contribution is -2.62. The molecule has 1 rings (SSSR count). The second kappa shape index (κ2) is 2.96. The number of rotatable bonds is 0. The summed E-state index contributed by atoms with van der Waals surface area (Å²) in [7, 11) is 0. The van der Waals surface area contributed by atoms with Crippen LogP contribution < -0.4 is 5.32 Å². The minimum Gasteiger partial charge on any atom is -0.360 e. The minimum absolute atomic E-state index is 0.142. The molecule has 13 heavy (non-hydrogen) atoms. The van der Waals surface area contributed by atoms with Gasteiger partial charge in [-0.2, -0.15) is 0 Å². The highest BCUT2D eigenvalue weighted by atomic mass is 16.5. The van der Waals surface area contributed by atoms with Gasteiger partial charge in [0.05, 0.1) is 6.61 Å². The van der Waals surface area contributed by atoms with Gasteiger partial charge in [0, 0.05) is 17.4 Å². The third-order valence-corrected chi connectivity index (χ3v) is 3.09. The summed E-state index contributed by atoms with van der Waals surface area (Å²) in [5.41, 5.74) is 0.233. The van der Waals surface area contributed by atoms with Gasteiger partial charge in [-0.1, -0.05) is 34.6 Å². The van der Waals surface area contributed by atoms with Gasteiger partial charge in [0.25, 0.3) is 0 Å². The Morgan fingerprint density at radius 1 is 1.15 bits per heavy atom. The molecule has 1 saturated heterocycles. The van der Waals surface area contributed by atoms with Gasteiger partial charge < -0.3 is 4.74 Å². The van der Waals surface area contributed by atoms with Crippen LogP contribution in [-0.2, 0) is 4.74 Å². The zero-order valence-corrected chi connectivity index (χ0v) is 9.82. The second-order valence-corrected chi connectivity index (χ2v) is 6.09. The molecular weight excluding hydrogens is 162 g/mol. The van der Waals surface area contributed by atoms with Gasteiger partial charge >= 0.3 is 0 Å². The predicted molar refractivity (Wildman–Crippen MR) is 55.6 cm³/mol. The normalized spacial score (nSPS) is 34.6. The second-order valence-electron chi connectivity index (χ2n) is 6.09. The SMILES string of the molecule is CC1(C)CNC(C)(C(C)(C)C)OC1. The average molecular weight is 185 g/mol. The molecule has 1 unspecified atom stereocenters. The van der Waals surface area contributed by atoms with Crippen LogP contribution in [0.5, 0.6) is 0 Å². The first-order valence-electron chi connectivity index (χ1n) is 5.05. The fourth-order valence-corrected chi connectivity index (χ4v) is 1.33. The molecule has 1 aliphatic heterocycles. The van der Waals surface area contributed by atoms with Crippen molar-refractivity contribution in [2.24, 2.45) is 10.8 Å². The van der Waals surface area contributed by atoms with E-state index in [-0.39, 0.29) is 16.6 Å². The smallest absolute Gasteiger partial charge is 0.121 e. The molecule has 0 bridgehead atoms. The first kappa shape index (κ1) is 11.0. The Bertz CT molecular complexity index is 181. The number of hydrogen-bond donors (Lipinski definition) is 1. The van der Waals surface area contributed by atoms with Gasteiger partial charge in [-0.25, -0.2) is 0 Å². The molecule has 0 aromatic rings. The van der Waals surface area contributed by atoms with Gasteiger partial charge in [0.2, 0.25) is 0 Å². The Labute approximate surface area is 82.0 Å². The van der Waals surface area contributed by atoms with Crippen LogP contribution in [0.1, 0.15) is 41.5 Å². The minimum atomic E-state index is -0.178. The van der Waals surface area contributed by atoms with Crippen LogP contribution in [-0.4, -0.2) is 18.9 Å².